The lowest BCUT2D eigenvalue weighted by molar-refractivity contribution is 0.0955. The fourth-order valence-corrected chi connectivity index (χ4v) is 4.81. The van der Waals surface area contributed by atoms with E-state index in [2.05, 4.69) is 15.6 Å². The number of carbonyl (C=O) groups is 1. The van der Waals surface area contributed by atoms with E-state index in [0.717, 1.165) is 36.2 Å². The molecular formula is C19H25N5O3S. The predicted molar refractivity (Wildman–Crippen MR) is 107 cm³/mol. The second kappa shape index (κ2) is 8.24. The zero-order valence-corrected chi connectivity index (χ0v) is 17.2. The van der Waals surface area contributed by atoms with Gasteiger partial charge in [-0.3, -0.25) is 9.48 Å². The number of piperidine rings is 1. The summed E-state index contributed by atoms with van der Waals surface area (Å²) in [7, 11) is -1.75. The minimum atomic E-state index is -3.59. The van der Waals surface area contributed by atoms with E-state index in [4.69, 9.17) is 0 Å². The molecule has 0 saturated carbocycles. The lowest BCUT2D eigenvalue weighted by Crippen LogP contribution is -2.35. The summed E-state index contributed by atoms with van der Waals surface area (Å²) in [6.07, 6.45) is 4.31. The lowest BCUT2D eigenvalue weighted by Gasteiger charge is -2.25. The van der Waals surface area contributed by atoms with Crippen molar-refractivity contribution in [3.63, 3.8) is 0 Å². The Bertz CT molecular complexity index is 1000. The maximum Gasteiger partial charge on any atom is 0.271 e. The molecule has 0 aliphatic carbocycles. The first-order chi connectivity index (χ1) is 13.3. The van der Waals surface area contributed by atoms with E-state index in [1.165, 1.54) is 16.4 Å². The fourth-order valence-electron chi connectivity index (χ4n) is 3.25. The summed E-state index contributed by atoms with van der Waals surface area (Å²) >= 11 is 0. The van der Waals surface area contributed by atoms with Crippen molar-refractivity contribution in [3.05, 3.63) is 46.8 Å². The van der Waals surface area contributed by atoms with Gasteiger partial charge in [0.05, 0.1) is 16.8 Å². The van der Waals surface area contributed by atoms with Crippen LogP contribution >= 0.6 is 0 Å². The number of benzene rings is 1. The van der Waals surface area contributed by atoms with Crippen LogP contribution < -0.4 is 5.43 Å². The van der Waals surface area contributed by atoms with Crippen LogP contribution in [0.1, 0.15) is 46.6 Å². The molecule has 0 bridgehead atoms. The Hall–Kier alpha value is -2.52. The summed E-state index contributed by atoms with van der Waals surface area (Å²) in [4.78, 5) is 12.5. The minimum absolute atomic E-state index is 0.130. The fraction of sp³-hybridized carbons (Fsp3) is 0.421. The van der Waals surface area contributed by atoms with Gasteiger partial charge in [-0.05, 0) is 44.9 Å². The van der Waals surface area contributed by atoms with Crippen LogP contribution in [-0.2, 0) is 17.1 Å². The minimum Gasteiger partial charge on any atom is -0.272 e. The number of nitrogens with one attached hydrogen (secondary N) is 1. The van der Waals surface area contributed by atoms with E-state index >= 15 is 0 Å². The van der Waals surface area contributed by atoms with Crippen LogP contribution in [0.5, 0.6) is 0 Å². The van der Waals surface area contributed by atoms with Gasteiger partial charge in [0, 0.05) is 37.0 Å². The average Bonchev–Trinajstić information content (AvgIpc) is 2.94. The Morgan fingerprint density at radius 3 is 2.57 bits per heavy atom. The molecule has 9 heteroatoms. The molecule has 1 N–H and O–H groups in total. The van der Waals surface area contributed by atoms with Gasteiger partial charge >= 0.3 is 0 Å². The molecule has 0 radical (unpaired) electrons. The lowest BCUT2D eigenvalue weighted by atomic mass is 10.2. The largest absolute Gasteiger partial charge is 0.272 e. The molecule has 1 amide bonds. The highest BCUT2D eigenvalue weighted by Gasteiger charge is 2.26. The molecule has 1 aromatic carbocycles. The molecule has 0 atom stereocenters. The number of carbonyl (C=O) groups excluding carboxylic acids is 1. The molecule has 1 aliphatic rings. The van der Waals surface area contributed by atoms with E-state index in [0.29, 0.717) is 13.1 Å². The first-order valence-electron chi connectivity index (χ1n) is 9.24. The van der Waals surface area contributed by atoms with Crippen molar-refractivity contribution in [1.82, 2.24) is 19.5 Å². The van der Waals surface area contributed by atoms with Crippen LogP contribution in [0.2, 0.25) is 0 Å². The van der Waals surface area contributed by atoms with Gasteiger partial charge in [-0.25, -0.2) is 13.8 Å². The molecule has 1 fully saturated rings. The van der Waals surface area contributed by atoms with Crippen LogP contribution in [0.25, 0.3) is 0 Å². The van der Waals surface area contributed by atoms with Crippen LogP contribution in [0.15, 0.2) is 34.3 Å². The molecule has 3 rings (SSSR count). The first-order valence-corrected chi connectivity index (χ1v) is 10.7. The first kappa shape index (κ1) is 20.2. The zero-order chi connectivity index (χ0) is 20.3. The van der Waals surface area contributed by atoms with E-state index in [1.807, 2.05) is 20.9 Å². The Balaban J connectivity index is 1.74. The van der Waals surface area contributed by atoms with Crippen molar-refractivity contribution in [3.8, 4) is 0 Å². The van der Waals surface area contributed by atoms with Gasteiger partial charge in [-0.15, -0.1) is 0 Å². The predicted octanol–water partition coefficient (Wildman–Crippen LogP) is 1.98. The molecule has 1 aliphatic heterocycles. The highest BCUT2D eigenvalue weighted by molar-refractivity contribution is 7.89. The van der Waals surface area contributed by atoms with Crippen LogP contribution in [0, 0.1) is 13.8 Å². The number of hydrogen-bond donors (Lipinski definition) is 1. The van der Waals surface area contributed by atoms with Crippen molar-refractivity contribution in [2.45, 2.75) is 38.0 Å². The molecule has 1 saturated heterocycles. The van der Waals surface area contributed by atoms with Gasteiger partial charge in [-0.2, -0.15) is 14.5 Å². The molecule has 28 heavy (non-hydrogen) atoms. The summed E-state index contributed by atoms with van der Waals surface area (Å²) < 4.78 is 28.8. The number of hydrogen-bond acceptors (Lipinski definition) is 5. The highest BCUT2D eigenvalue weighted by atomic mass is 32.2. The second-order valence-corrected chi connectivity index (χ2v) is 8.84. The molecular weight excluding hydrogens is 378 g/mol. The number of amides is 1. The van der Waals surface area contributed by atoms with Gasteiger partial charge in [0.2, 0.25) is 10.0 Å². The zero-order valence-electron chi connectivity index (χ0n) is 16.3. The standard InChI is InChI=1S/C19H25N5O3S/c1-14-18(15(2)23(3)22-14)13-20-21-19(25)16-8-7-9-17(12-16)28(26,27)24-10-5-4-6-11-24/h7-9,12-13H,4-6,10-11H2,1-3H3,(H,21,25)/b20-13+. The maximum absolute atomic E-state index is 12.8. The molecule has 2 heterocycles. The van der Waals surface area contributed by atoms with Crippen molar-refractivity contribution < 1.29 is 13.2 Å². The number of rotatable bonds is 5. The molecule has 8 nitrogen and oxygen atoms in total. The number of hydrazone groups is 1. The van der Waals surface area contributed by atoms with Crippen LogP contribution in [-0.4, -0.2) is 47.7 Å². The van der Waals surface area contributed by atoms with Crippen LogP contribution in [0.3, 0.4) is 0 Å². The van der Waals surface area contributed by atoms with Crippen molar-refractivity contribution in [1.29, 1.82) is 0 Å². The Labute approximate surface area is 165 Å². The third kappa shape index (κ3) is 4.15. The number of aryl methyl sites for hydroxylation is 2. The van der Waals surface area contributed by atoms with E-state index < -0.39 is 15.9 Å². The molecule has 150 valence electrons. The monoisotopic (exact) mass is 403 g/mol. The van der Waals surface area contributed by atoms with Crippen molar-refractivity contribution >= 4 is 22.1 Å². The van der Waals surface area contributed by atoms with Crippen LogP contribution in [0.4, 0.5) is 0 Å². The van der Waals surface area contributed by atoms with Crippen molar-refractivity contribution in [2.75, 3.05) is 13.1 Å². The third-order valence-corrected chi connectivity index (χ3v) is 6.87. The smallest absolute Gasteiger partial charge is 0.271 e. The Kier molecular flexibility index (Phi) is 5.95. The maximum atomic E-state index is 12.8. The number of nitrogens with zero attached hydrogens (tertiary/aromatic N) is 4. The summed E-state index contributed by atoms with van der Waals surface area (Å²) in [5, 5.41) is 8.29. The van der Waals surface area contributed by atoms with E-state index in [1.54, 1.807) is 23.0 Å². The van der Waals surface area contributed by atoms with Gasteiger partial charge in [-0.1, -0.05) is 12.5 Å². The second-order valence-electron chi connectivity index (χ2n) is 6.90. The van der Waals surface area contributed by atoms with Crippen molar-refractivity contribution in [2.24, 2.45) is 12.1 Å². The van der Waals surface area contributed by atoms with Gasteiger partial charge in [0.15, 0.2) is 0 Å². The quantitative estimate of drug-likeness (QED) is 0.610. The molecule has 1 aromatic heterocycles. The summed E-state index contributed by atoms with van der Waals surface area (Å²) in [5.41, 5.74) is 5.28. The molecule has 2 aromatic rings. The Morgan fingerprint density at radius 1 is 1.21 bits per heavy atom. The van der Waals surface area contributed by atoms with Gasteiger partial charge in [0.1, 0.15) is 0 Å². The van der Waals surface area contributed by atoms with E-state index in [9.17, 15) is 13.2 Å². The number of sulfonamides is 1. The summed E-state index contributed by atoms with van der Waals surface area (Å²) in [6.45, 7) is 4.82. The van der Waals surface area contributed by atoms with Gasteiger partial charge < -0.3 is 0 Å². The third-order valence-electron chi connectivity index (χ3n) is 4.97. The van der Waals surface area contributed by atoms with E-state index in [-0.39, 0.29) is 10.5 Å². The normalized spacial score (nSPS) is 15.8. The SMILES string of the molecule is Cc1nn(C)c(C)c1/C=N/NC(=O)c1cccc(S(=O)(=O)N2CCCCC2)c1. The molecule has 0 spiro atoms. The molecule has 0 unspecified atom stereocenters. The topological polar surface area (TPSA) is 96.7 Å². The average molecular weight is 404 g/mol. The summed E-state index contributed by atoms with van der Waals surface area (Å²) in [6, 6.07) is 6.06. The Morgan fingerprint density at radius 2 is 1.93 bits per heavy atom. The highest BCUT2D eigenvalue weighted by Crippen LogP contribution is 2.21. The van der Waals surface area contributed by atoms with Gasteiger partial charge in [0.25, 0.3) is 5.91 Å². The summed E-state index contributed by atoms with van der Waals surface area (Å²) in [5.74, 6) is -0.467. The number of aromatic nitrogens is 2.